The van der Waals surface area contributed by atoms with Gasteiger partial charge in [0.15, 0.2) is 0 Å². The van der Waals surface area contributed by atoms with Gasteiger partial charge in [0, 0.05) is 12.8 Å². The molecule has 1 unspecified atom stereocenters. The number of ether oxygens (including phenoxy) is 1. The molecule has 28 heavy (non-hydrogen) atoms. The van der Waals surface area contributed by atoms with Crippen molar-refractivity contribution in [3.8, 4) is 5.75 Å². The van der Waals surface area contributed by atoms with E-state index in [-0.39, 0.29) is 24.8 Å². The SMILES string of the molecule is COc1ccc(C2=NN(C(=O)CCC(=O)O)C(c3ccc(Cl)c(Cl)c3)C2)cc1. The van der Waals surface area contributed by atoms with Gasteiger partial charge in [-0.2, -0.15) is 5.10 Å². The molecular weight excluding hydrogens is 403 g/mol. The summed E-state index contributed by atoms with van der Waals surface area (Å²) in [7, 11) is 1.59. The first-order valence-corrected chi connectivity index (χ1v) is 9.35. The van der Waals surface area contributed by atoms with Crippen molar-refractivity contribution in [1.29, 1.82) is 0 Å². The summed E-state index contributed by atoms with van der Waals surface area (Å²) in [6, 6.07) is 12.2. The van der Waals surface area contributed by atoms with E-state index in [0.29, 0.717) is 16.5 Å². The number of rotatable bonds is 6. The highest BCUT2D eigenvalue weighted by Gasteiger charge is 2.33. The number of carbonyl (C=O) groups is 2. The number of methoxy groups -OCH3 is 1. The fraction of sp³-hybridized carbons (Fsp3) is 0.250. The Morgan fingerprint density at radius 3 is 2.46 bits per heavy atom. The van der Waals surface area contributed by atoms with Crippen LogP contribution in [0.2, 0.25) is 10.0 Å². The molecule has 6 nitrogen and oxygen atoms in total. The van der Waals surface area contributed by atoms with Crippen molar-refractivity contribution in [3.05, 3.63) is 63.6 Å². The van der Waals surface area contributed by atoms with Crippen molar-refractivity contribution < 1.29 is 19.4 Å². The molecule has 0 aromatic heterocycles. The Morgan fingerprint density at radius 2 is 1.86 bits per heavy atom. The number of nitrogens with zero attached hydrogens (tertiary/aromatic N) is 2. The van der Waals surface area contributed by atoms with E-state index in [1.807, 2.05) is 24.3 Å². The average Bonchev–Trinajstić information content (AvgIpc) is 3.13. The number of carbonyl (C=O) groups excluding carboxylic acids is 1. The van der Waals surface area contributed by atoms with E-state index in [9.17, 15) is 9.59 Å². The lowest BCUT2D eigenvalue weighted by atomic mass is 9.98. The molecule has 0 saturated heterocycles. The Labute approximate surface area is 172 Å². The summed E-state index contributed by atoms with van der Waals surface area (Å²) >= 11 is 12.2. The van der Waals surface area contributed by atoms with Crippen LogP contribution >= 0.6 is 23.2 Å². The predicted octanol–water partition coefficient (Wildman–Crippen LogP) is 4.54. The van der Waals surface area contributed by atoms with Crippen LogP contribution in [0.5, 0.6) is 5.75 Å². The first-order chi connectivity index (χ1) is 13.4. The fourth-order valence-electron chi connectivity index (χ4n) is 3.01. The zero-order valence-electron chi connectivity index (χ0n) is 15.1. The largest absolute Gasteiger partial charge is 0.497 e. The number of hydrogen-bond acceptors (Lipinski definition) is 4. The summed E-state index contributed by atoms with van der Waals surface area (Å²) in [6.07, 6.45) is 0.0897. The summed E-state index contributed by atoms with van der Waals surface area (Å²) in [5, 5.41) is 15.5. The Balaban J connectivity index is 1.92. The Hall–Kier alpha value is -2.57. The van der Waals surface area contributed by atoms with Crippen LogP contribution in [0, 0.1) is 0 Å². The van der Waals surface area contributed by atoms with Crippen LogP contribution in [0.15, 0.2) is 47.6 Å². The minimum atomic E-state index is -1.03. The number of amides is 1. The van der Waals surface area contributed by atoms with Gasteiger partial charge in [0.1, 0.15) is 5.75 Å². The fourth-order valence-corrected chi connectivity index (χ4v) is 3.31. The third kappa shape index (κ3) is 4.46. The summed E-state index contributed by atoms with van der Waals surface area (Å²) in [5.41, 5.74) is 2.37. The molecular formula is C20H18Cl2N2O4. The van der Waals surface area contributed by atoms with Crippen molar-refractivity contribution in [2.75, 3.05) is 7.11 Å². The standard InChI is InChI=1S/C20H18Cl2N2O4/c1-28-14-5-2-12(3-6-14)17-11-18(13-4-7-15(21)16(22)10-13)24(23-17)19(25)8-9-20(26)27/h2-7,10,18H,8-9,11H2,1H3,(H,26,27). The van der Waals surface area contributed by atoms with Gasteiger partial charge in [-0.05, 0) is 47.5 Å². The first kappa shape index (κ1) is 20.2. The average molecular weight is 421 g/mol. The maximum absolute atomic E-state index is 12.6. The molecule has 1 amide bonds. The first-order valence-electron chi connectivity index (χ1n) is 8.59. The zero-order valence-corrected chi connectivity index (χ0v) is 16.6. The number of hydrazone groups is 1. The summed E-state index contributed by atoms with van der Waals surface area (Å²) in [4.78, 5) is 23.5. The second-order valence-corrected chi connectivity index (χ2v) is 7.12. The lowest BCUT2D eigenvalue weighted by Gasteiger charge is -2.22. The number of aliphatic carboxylic acids is 1. The molecule has 146 valence electrons. The van der Waals surface area contributed by atoms with Crippen molar-refractivity contribution in [1.82, 2.24) is 5.01 Å². The molecule has 0 fully saturated rings. The van der Waals surface area contributed by atoms with Gasteiger partial charge in [0.2, 0.25) is 5.91 Å². The Bertz CT molecular complexity index is 928. The van der Waals surface area contributed by atoms with Gasteiger partial charge in [-0.3, -0.25) is 9.59 Å². The maximum atomic E-state index is 12.6. The van der Waals surface area contributed by atoms with Crippen molar-refractivity contribution >= 4 is 40.8 Å². The van der Waals surface area contributed by atoms with Gasteiger partial charge in [-0.25, -0.2) is 5.01 Å². The number of halogens is 2. The summed E-state index contributed by atoms with van der Waals surface area (Å²) in [6.45, 7) is 0. The van der Waals surface area contributed by atoms with Gasteiger partial charge < -0.3 is 9.84 Å². The molecule has 1 aliphatic heterocycles. The van der Waals surface area contributed by atoms with Crippen LogP contribution < -0.4 is 4.74 Å². The molecule has 0 aliphatic carbocycles. The van der Waals surface area contributed by atoms with Crippen molar-refractivity contribution in [2.24, 2.45) is 5.10 Å². The molecule has 2 aromatic carbocycles. The highest BCUT2D eigenvalue weighted by Crippen LogP contribution is 2.36. The molecule has 3 rings (SSSR count). The highest BCUT2D eigenvalue weighted by atomic mass is 35.5. The second-order valence-electron chi connectivity index (χ2n) is 6.30. The molecule has 1 atom stereocenters. The third-order valence-corrected chi connectivity index (χ3v) is 5.21. The quantitative estimate of drug-likeness (QED) is 0.743. The monoisotopic (exact) mass is 420 g/mol. The van der Waals surface area contributed by atoms with Crippen LogP contribution in [0.3, 0.4) is 0 Å². The highest BCUT2D eigenvalue weighted by molar-refractivity contribution is 6.42. The van der Waals surface area contributed by atoms with E-state index in [2.05, 4.69) is 5.10 Å². The molecule has 2 aromatic rings. The van der Waals surface area contributed by atoms with Gasteiger partial charge in [0.25, 0.3) is 0 Å². The van der Waals surface area contributed by atoms with Crippen molar-refractivity contribution in [2.45, 2.75) is 25.3 Å². The lowest BCUT2D eigenvalue weighted by Crippen LogP contribution is -2.27. The molecule has 0 bridgehead atoms. The molecule has 1 aliphatic rings. The topological polar surface area (TPSA) is 79.2 Å². The van der Waals surface area contributed by atoms with E-state index in [1.54, 1.807) is 25.3 Å². The predicted molar refractivity (Wildman–Crippen MR) is 107 cm³/mol. The summed E-state index contributed by atoms with van der Waals surface area (Å²) < 4.78 is 5.17. The lowest BCUT2D eigenvalue weighted by molar-refractivity contribution is -0.141. The molecule has 1 heterocycles. The number of benzene rings is 2. The molecule has 0 saturated carbocycles. The number of carboxylic acid groups (broad SMARTS) is 1. The summed E-state index contributed by atoms with van der Waals surface area (Å²) in [5.74, 6) is -0.669. The molecule has 0 spiro atoms. The zero-order chi connectivity index (χ0) is 20.3. The van der Waals surface area contributed by atoms with Gasteiger partial charge in [-0.15, -0.1) is 0 Å². The third-order valence-electron chi connectivity index (χ3n) is 4.47. The normalized spacial score (nSPS) is 16.0. The van der Waals surface area contributed by atoms with Crippen molar-refractivity contribution in [3.63, 3.8) is 0 Å². The Morgan fingerprint density at radius 1 is 1.14 bits per heavy atom. The van der Waals surface area contributed by atoms with E-state index in [0.717, 1.165) is 22.6 Å². The van der Waals surface area contributed by atoms with E-state index in [1.165, 1.54) is 5.01 Å². The van der Waals surface area contributed by atoms with Crippen LogP contribution in [0.1, 0.15) is 36.4 Å². The number of carboxylic acids is 1. The van der Waals surface area contributed by atoms with Gasteiger partial charge in [-0.1, -0.05) is 29.3 Å². The van der Waals surface area contributed by atoms with E-state index < -0.39 is 5.97 Å². The van der Waals surface area contributed by atoms with Crippen LogP contribution in [0.25, 0.3) is 0 Å². The second kappa shape index (κ2) is 8.63. The smallest absolute Gasteiger partial charge is 0.303 e. The van der Waals surface area contributed by atoms with Gasteiger partial charge in [0.05, 0.1) is 35.3 Å². The minimum absolute atomic E-state index is 0.132. The van der Waals surface area contributed by atoms with Gasteiger partial charge >= 0.3 is 5.97 Å². The molecule has 0 radical (unpaired) electrons. The van der Waals surface area contributed by atoms with Crippen LogP contribution in [-0.4, -0.2) is 34.8 Å². The minimum Gasteiger partial charge on any atom is -0.497 e. The maximum Gasteiger partial charge on any atom is 0.303 e. The molecule has 1 N–H and O–H groups in total. The van der Waals surface area contributed by atoms with E-state index >= 15 is 0 Å². The number of hydrogen-bond donors (Lipinski definition) is 1. The van der Waals surface area contributed by atoms with E-state index in [4.69, 9.17) is 33.0 Å². The molecule has 8 heteroatoms. The van der Waals surface area contributed by atoms with Crippen LogP contribution in [-0.2, 0) is 9.59 Å². The Kier molecular flexibility index (Phi) is 6.21. The van der Waals surface area contributed by atoms with Crippen LogP contribution in [0.4, 0.5) is 0 Å².